The van der Waals surface area contributed by atoms with Gasteiger partial charge in [-0.15, -0.1) is 11.3 Å². The van der Waals surface area contributed by atoms with Crippen LogP contribution in [0.4, 0.5) is 4.39 Å². The Morgan fingerprint density at radius 3 is 2.08 bits per heavy atom. The Hall–Kier alpha value is -6.76. The normalized spacial score (nSPS) is 11.5. The lowest BCUT2D eigenvalue weighted by molar-refractivity contribution is 0.0942. The van der Waals surface area contributed by atoms with Crippen molar-refractivity contribution in [3.8, 4) is 5.75 Å². The number of carbonyl (C=O) groups excluding carboxylic acids is 2. The minimum atomic E-state index is -4.04. The average molecular weight is 852 g/mol. The van der Waals surface area contributed by atoms with Crippen LogP contribution >= 0.6 is 11.3 Å². The van der Waals surface area contributed by atoms with Gasteiger partial charge >= 0.3 is 0 Å². The highest BCUT2D eigenvalue weighted by molar-refractivity contribution is 7.93. The van der Waals surface area contributed by atoms with Crippen LogP contribution in [0.25, 0.3) is 16.7 Å². The number of hydrogen-bond acceptors (Lipinski definition) is 11. The first kappa shape index (κ1) is 40.4. The van der Waals surface area contributed by atoms with Gasteiger partial charge in [-0.05, 0) is 89.7 Å². The van der Waals surface area contributed by atoms with Gasteiger partial charge in [0.1, 0.15) is 26.3 Å². The van der Waals surface area contributed by atoms with Crippen LogP contribution in [-0.2, 0) is 32.8 Å². The van der Waals surface area contributed by atoms with Crippen molar-refractivity contribution < 1.29 is 35.6 Å². The van der Waals surface area contributed by atoms with Crippen LogP contribution < -0.4 is 15.4 Å². The van der Waals surface area contributed by atoms with Gasteiger partial charge < -0.3 is 19.8 Å². The molecule has 14 nitrogen and oxygen atoms in total. The summed E-state index contributed by atoms with van der Waals surface area (Å²) in [5.41, 5.74) is 4.69. The molecule has 8 rings (SSSR count). The number of aromatic amines is 1. The number of thiophene rings is 1. The van der Waals surface area contributed by atoms with Crippen molar-refractivity contribution in [3.63, 3.8) is 0 Å². The Balaban J connectivity index is 0.000000180. The number of aromatic nitrogens is 5. The number of amides is 2. The van der Waals surface area contributed by atoms with Gasteiger partial charge in [0, 0.05) is 49.3 Å². The molecule has 0 aliphatic heterocycles. The highest BCUT2D eigenvalue weighted by atomic mass is 32.2. The summed E-state index contributed by atoms with van der Waals surface area (Å²) in [7, 11) is -6.17. The van der Waals surface area contributed by atoms with Gasteiger partial charge in [0.15, 0.2) is 5.65 Å². The van der Waals surface area contributed by atoms with Gasteiger partial charge in [-0.1, -0.05) is 24.3 Å². The minimum Gasteiger partial charge on any atom is -0.497 e. The summed E-state index contributed by atoms with van der Waals surface area (Å²) in [5, 5.41) is 14.7. The first-order valence-corrected chi connectivity index (χ1v) is 21.5. The lowest BCUT2D eigenvalue weighted by Crippen LogP contribution is -2.23. The second-order valence-corrected chi connectivity index (χ2v) is 18.0. The molecule has 59 heavy (non-hydrogen) atoms. The number of carbonyl (C=O) groups is 2. The highest BCUT2D eigenvalue weighted by Gasteiger charge is 2.23. The number of hydrogen-bond donors (Lipinski definition) is 3. The average Bonchev–Trinajstić information content (AvgIpc) is 4.03. The molecule has 0 saturated heterocycles. The van der Waals surface area contributed by atoms with E-state index in [4.69, 9.17) is 4.74 Å². The van der Waals surface area contributed by atoms with Crippen LogP contribution in [0, 0.1) is 12.7 Å². The Bertz CT molecular complexity index is 3040. The van der Waals surface area contributed by atoms with Crippen molar-refractivity contribution in [2.24, 2.45) is 0 Å². The standard InChI is InChI=1S/C21H17FN4O4S.C20H17N3O3S2/c1-30-16-4-7-19(18(22)9-16)31(28,29)17-5-2-13(3-6-17)10-24-21(27)15-8-14-12-25-26-20(14)23-11-15;1-14-10-19(27-13-14)28(25,26)17-5-2-15(3-6-17)11-22-20(24)16-4-7-18-21-8-9-23(18)12-16/h2-9,11-12H,10H2,1H3,(H,24,27)(H,23,25,26);2-10,12-13H,11H2,1H3,(H,22,24). The Morgan fingerprint density at radius 1 is 0.797 bits per heavy atom. The number of nitrogens with one attached hydrogen (secondary N) is 3. The Morgan fingerprint density at radius 2 is 1.46 bits per heavy atom. The van der Waals surface area contributed by atoms with Crippen LogP contribution in [0.5, 0.6) is 5.75 Å². The quantitative estimate of drug-likeness (QED) is 0.132. The van der Waals surface area contributed by atoms with E-state index in [1.807, 2.05) is 12.3 Å². The van der Waals surface area contributed by atoms with Crippen LogP contribution in [0.15, 0.2) is 146 Å². The number of rotatable bonds is 11. The molecule has 5 aromatic heterocycles. The van der Waals surface area contributed by atoms with Gasteiger partial charge in [0.05, 0.1) is 34.2 Å². The maximum atomic E-state index is 14.2. The number of fused-ring (bicyclic) bond motifs is 2. The molecule has 0 spiro atoms. The van der Waals surface area contributed by atoms with Crippen LogP contribution in [0.1, 0.15) is 37.4 Å². The minimum absolute atomic E-state index is 0.0544. The molecule has 2 amide bonds. The fourth-order valence-electron chi connectivity index (χ4n) is 5.77. The third kappa shape index (κ3) is 9.04. The van der Waals surface area contributed by atoms with E-state index >= 15 is 0 Å². The second kappa shape index (κ2) is 17.0. The molecular weight excluding hydrogens is 818 g/mol. The molecule has 0 radical (unpaired) electrons. The number of ether oxygens (including phenoxy) is 1. The zero-order valence-electron chi connectivity index (χ0n) is 31.3. The third-order valence-corrected chi connectivity index (χ3v) is 14.1. The molecule has 0 aliphatic rings. The molecule has 18 heteroatoms. The molecule has 0 atom stereocenters. The lowest BCUT2D eigenvalue weighted by atomic mass is 10.2. The number of benzene rings is 3. The maximum Gasteiger partial charge on any atom is 0.253 e. The van der Waals surface area contributed by atoms with Gasteiger partial charge in [0.2, 0.25) is 19.7 Å². The van der Waals surface area contributed by atoms with E-state index < -0.39 is 30.4 Å². The molecule has 300 valence electrons. The van der Waals surface area contributed by atoms with Crippen LogP contribution in [0.3, 0.4) is 0 Å². The van der Waals surface area contributed by atoms with Crippen LogP contribution in [0.2, 0.25) is 0 Å². The monoisotopic (exact) mass is 851 g/mol. The van der Waals surface area contributed by atoms with E-state index in [0.717, 1.165) is 22.8 Å². The zero-order valence-corrected chi connectivity index (χ0v) is 33.7. The molecule has 8 aromatic rings. The summed E-state index contributed by atoms with van der Waals surface area (Å²) in [6, 6.07) is 22.9. The number of pyridine rings is 2. The third-order valence-electron chi connectivity index (χ3n) is 8.98. The summed E-state index contributed by atoms with van der Waals surface area (Å²) >= 11 is 1.22. The van der Waals surface area contributed by atoms with Crippen molar-refractivity contribution >= 4 is 59.5 Å². The van der Waals surface area contributed by atoms with Crippen molar-refractivity contribution in [2.45, 2.75) is 38.9 Å². The number of sulfone groups is 2. The topological polar surface area (TPSA) is 195 Å². The first-order valence-electron chi connectivity index (χ1n) is 17.7. The number of aryl methyl sites for hydroxylation is 1. The van der Waals surface area contributed by atoms with Gasteiger partial charge in [-0.3, -0.25) is 14.7 Å². The smallest absolute Gasteiger partial charge is 0.253 e. The van der Waals surface area contributed by atoms with Gasteiger partial charge in [-0.2, -0.15) is 5.10 Å². The van der Waals surface area contributed by atoms with Gasteiger partial charge in [0.25, 0.3) is 11.8 Å². The van der Waals surface area contributed by atoms with E-state index in [1.54, 1.807) is 89.9 Å². The number of imidazole rings is 1. The van der Waals surface area contributed by atoms with Crippen molar-refractivity contribution in [1.29, 1.82) is 0 Å². The summed E-state index contributed by atoms with van der Waals surface area (Å²) in [4.78, 5) is 32.7. The van der Waals surface area contributed by atoms with E-state index in [-0.39, 0.29) is 33.9 Å². The fourth-order valence-corrected chi connectivity index (χ4v) is 9.71. The molecule has 0 unspecified atom stereocenters. The predicted octanol–water partition coefficient (Wildman–Crippen LogP) is 6.34. The molecule has 0 fully saturated rings. The summed E-state index contributed by atoms with van der Waals surface area (Å²) in [5.74, 6) is -1.20. The molecule has 3 N–H and O–H groups in total. The molecule has 3 aromatic carbocycles. The molecule has 0 aliphatic carbocycles. The Labute approximate surface area is 341 Å². The molecule has 5 heterocycles. The van der Waals surface area contributed by atoms with Crippen molar-refractivity contribution in [1.82, 2.24) is 35.2 Å². The van der Waals surface area contributed by atoms with E-state index in [1.165, 1.54) is 48.9 Å². The zero-order chi connectivity index (χ0) is 41.7. The van der Waals surface area contributed by atoms with E-state index in [2.05, 4.69) is 30.8 Å². The van der Waals surface area contributed by atoms with E-state index in [9.17, 15) is 30.8 Å². The summed E-state index contributed by atoms with van der Waals surface area (Å²) < 4.78 is 72.0. The van der Waals surface area contributed by atoms with Gasteiger partial charge in [-0.25, -0.2) is 31.2 Å². The largest absolute Gasteiger partial charge is 0.497 e. The van der Waals surface area contributed by atoms with Crippen molar-refractivity contribution in [3.05, 3.63) is 161 Å². The van der Waals surface area contributed by atoms with E-state index in [0.29, 0.717) is 38.5 Å². The SMILES string of the molecule is COc1ccc(S(=O)(=O)c2ccc(CNC(=O)c3cnc4[nH]ncc4c3)cc2)c(F)c1.Cc1csc(S(=O)(=O)c2ccc(CNC(=O)c3ccc4nccn4c3)cc2)c1. The first-order chi connectivity index (χ1) is 28.3. The molecule has 0 saturated carbocycles. The predicted molar refractivity (Wildman–Crippen MR) is 217 cm³/mol. The number of halogens is 1. The highest BCUT2D eigenvalue weighted by Crippen LogP contribution is 2.28. The number of methoxy groups -OCH3 is 1. The summed E-state index contributed by atoms with van der Waals surface area (Å²) in [6.07, 6.45) is 8.18. The maximum absolute atomic E-state index is 14.2. The van der Waals surface area contributed by atoms with Crippen LogP contribution in [-0.4, -0.2) is 60.3 Å². The molecule has 0 bridgehead atoms. The number of nitrogens with zero attached hydrogens (tertiary/aromatic N) is 4. The fraction of sp³-hybridized carbons (Fsp3) is 0.0976. The molecular formula is C41H34FN7O7S3. The Kier molecular flexibility index (Phi) is 11.6. The summed E-state index contributed by atoms with van der Waals surface area (Å²) in [6.45, 7) is 2.35. The van der Waals surface area contributed by atoms with Crippen molar-refractivity contribution in [2.75, 3.05) is 7.11 Å². The second-order valence-electron chi connectivity index (χ2n) is 13.0. The number of H-pyrrole nitrogens is 1. The lowest BCUT2D eigenvalue weighted by Gasteiger charge is -2.09.